The number of ketones is 2. The van der Waals surface area contributed by atoms with Crippen LogP contribution in [0.15, 0.2) is 69.9 Å². The van der Waals surface area contributed by atoms with Gasteiger partial charge in [0.15, 0.2) is 47.3 Å². The van der Waals surface area contributed by atoms with Gasteiger partial charge in [-0.2, -0.15) is 62.7 Å². The zero-order valence-corrected chi connectivity index (χ0v) is 57.1. The number of β-lactam (4-membered cyclic amide) rings is 2. The van der Waals surface area contributed by atoms with Crippen molar-refractivity contribution in [2.24, 2.45) is 47.7 Å². The van der Waals surface area contributed by atoms with Crippen LogP contribution in [0.5, 0.6) is 11.5 Å². The summed E-state index contributed by atoms with van der Waals surface area (Å²) in [7, 11) is -6.18. The second kappa shape index (κ2) is 33.8. The molecule has 0 radical (unpaired) electrons. The van der Waals surface area contributed by atoms with Crippen molar-refractivity contribution >= 4 is 134 Å². The van der Waals surface area contributed by atoms with Crippen molar-refractivity contribution in [3.05, 3.63) is 70.9 Å². The van der Waals surface area contributed by atoms with Gasteiger partial charge in [-0.05, 0) is 90.0 Å². The van der Waals surface area contributed by atoms with Gasteiger partial charge in [-0.15, -0.1) is 40.6 Å². The van der Waals surface area contributed by atoms with E-state index in [9.17, 15) is 82.2 Å². The summed E-state index contributed by atoms with van der Waals surface area (Å²) in [6.45, 7) is 7.30. The Bertz CT molecular complexity index is 4130. The summed E-state index contributed by atoms with van der Waals surface area (Å²) in [5.74, 6) is -13.5. The van der Waals surface area contributed by atoms with Gasteiger partial charge >= 0.3 is 45.1 Å². The number of amides is 2. The number of alkyl halides is 6. The van der Waals surface area contributed by atoms with Crippen molar-refractivity contribution < 1.29 is 148 Å². The summed E-state index contributed by atoms with van der Waals surface area (Å²) in [5.41, 5.74) is 21.1. The monoisotopic (exact) mass is 1530 g/mol. The molecule has 6 aromatic rings. The molecule has 1 unspecified atom stereocenters. The van der Waals surface area contributed by atoms with Crippen LogP contribution in [0.2, 0.25) is 0 Å². The molecule has 4 atom stereocenters. The number of benzene rings is 2. The van der Waals surface area contributed by atoms with Crippen LogP contribution >= 0.6 is 22.7 Å². The number of carboxylic acids is 4. The average molecular weight is 1540 g/mol. The van der Waals surface area contributed by atoms with E-state index in [0.29, 0.717) is 34.7 Å². The molecule has 2 saturated heterocycles. The Morgan fingerprint density at radius 2 is 0.961 bits per heavy atom. The number of ether oxygens (including phenoxy) is 2. The molecule has 102 heavy (non-hydrogen) atoms. The van der Waals surface area contributed by atoms with E-state index in [1.165, 1.54) is 38.5 Å². The lowest BCUT2D eigenvalue weighted by Gasteiger charge is -2.50. The van der Waals surface area contributed by atoms with E-state index in [4.69, 9.17) is 71.0 Å². The van der Waals surface area contributed by atoms with Gasteiger partial charge in [0.05, 0.1) is 46.8 Å². The molecule has 38 nitrogen and oxygen atoms in total. The van der Waals surface area contributed by atoms with E-state index in [-0.39, 0.29) is 21.7 Å². The van der Waals surface area contributed by atoms with Crippen molar-refractivity contribution in [1.82, 2.24) is 29.5 Å². The molecule has 12 N–H and O–H groups in total. The number of carboxylic acid groups (broad SMARTS) is 4. The van der Waals surface area contributed by atoms with Crippen LogP contribution in [-0.4, -0.2) is 186 Å². The average Bonchev–Trinajstić information content (AvgIpc) is 0.944. The van der Waals surface area contributed by atoms with Crippen LogP contribution in [0.25, 0.3) is 21.8 Å². The number of aliphatic carboxylic acids is 4. The fourth-order valence-corrected chi connectivity index (χ4v) is 11.3. The number of Topliss-reactive ketones (excluding diaryl/α,β-unsaturated/α-hetero) is 2. The summed E-state index contributed by atoms with van der Waals surface area (Å²) >= 11 is 1.98. The summed E-state index contributed by atoms with van der Waals surface area (Å²) in [6, 6.07) is 10.5. The molecule has 560 valence electrons. The molecule has 0 saturated carbocycles. The Hall–Kier alpha value is -9.82. The fourth-order valence-electron chi connectivity index (χ4n) is 9.28. The summed E-state index contributed by atoms with van der Waals surface area (Å²) < 4.78 is 153. The highest BCUT2D eigenvalue weighted by molar-refractivity contribution is 7.81. The summed E-state index contributed by atoms with van der Waals surface area (Å²) in [4.78, 5) is 112. The van der Waals surface area contributed by atoms with E-state index >= 15 is 0 Å². The van der Waals surface area contributed by atoms with Crippen LogP contribution < -0.4 is 52.0 Å². The molecule has 0 aliphatic carbocycles. The minimum absolute atomic E-state index is 0.0179. The zero-order chi connectivity index (χ0) is 76.9. The predicted molar refractivity (Wildman–Crippen MR) is 331 cm³/mol. The number of hydrogen-bond acceptors (Lipinski definition) is 30. The molecule has 4 aromatic heterocycles. The molecule has 2 fully saturated rings. The molecule has 0 spiro atoms. The number of thiazole rings is 2. The summed E-state index contributed by atoms with van der Waals surface area (Å²) in [5, 5.41) is 50.2. The van der Waals surface area contributed by atoms with E-state index in [1.807, 2.05) is 57.3 Å². The van der Waals surface area contributed by atoms with Gasteiger partial charge in [-0.3, -0.25) is 28.3 Å². The number of nitrogens with two attached hydrogens (primary N) is 4. The second-order valence-electron chi connectivity index (χ2n) is 22.4. The first kappa shape index (κ1) is 82.8. The van der Waals surface area contributed by atoms with Crippen LogP contribution in [0.1, 0.15) is 64.8 Å². The van der Waals surface area contributed by atoms with Crippen LogP contribution in [-0.2, 0) is 105 Å². The number of fused-ring (bicyclic) bond motifs is 2. The first-order chi connectivity index (χ1) is 47.1. The normalized spacial score (nSPS) is 16.5. The minimum atomic E-state index is -5.19. The molecule has 48 heteroatoms. The molecule has 6 heterocycles. The van der Waals surface area contributed by atoms with Crippen LogP contribution in [0.3, 0.4) is 0 Å². The summed E-state index contributed by atoms with van der Waals surface area (Å²) in [6.07, 6.45) is -9.28. The highest BCUT2D eigenvalue weighted by Gasteiger charge is 2.59. The van der Waals surface area contributed by atoms with E-state index in [1.54, 1.807) is 24.3 Å². The van der Waals surface area contributed by atoms with Crippen molar-refractivity contribution in [1.29, 1.82) is 0 Å². The maximum atomic E-state index is 13.3. The number of nitrogens with zero attached hydrogens (tertiary/aromatic N) is 10. The predicted octanol–water partition coefficient (Wildman–Crippen LogP) is -1.33. The van der Waals surface area contributed by atoms with Gasteiger partial charge in [0, 0.05) is 23.6 Å². The largest absolute Gasteiger partial charge is 0.542 e. The quantitative estimate of drug-likeness (QED) is 0.00647. The number of hydroxylamine groups is 4. The first-order valence-electron chi connectivity index (χ1n) is 28.8. The van der Waals surface area contributed by atoms with Crippen LogP contribution in [0, 0.1) is 11.8 Å². The number of carbonyl (C=O) groups excluding carboxylic acids is 6. The topological polar surface area (TPSA) is 566 Å². The molecule has 2 aliphatic rings. The third-order valence-corrected chi connectivity index (χ3v) is 16.4. The molecule has 2 aliphatic heterocycles. The van der Waals surface area contributed by atoms with Crippen molar-refractivity contribution in [2.75, 3.05) is 37.8 Å². The highest BCUT2D eigenvalue weighted by Crippen LogP contribution is 2.42. The Balaban J connectivity index is 0.000000309. The Morgan fingerprint density at radius 1 is 0.637 bits per heavy atom. The van der Waals surface area contributed by atoms with Gasteiger partial charge in [-0.25, -0.2) is 19.6 Å². The molecule has 8 rings (SSSR count). The molecular weight excluding hydrogens is 1470 g/mol. The Labute approximate surface area is 579 Å². The Kier molecular flexibility index (Phi) is 27.4. The van der Waals surface area contributed by atoms with E-state index < -0.39 is 153 Å². The number of aryl methyl sites for hydroxylation is 4. The molecular formula is C54H64F6N14O24S4. The lowest BCUT2D eigenvalue weighted by molar-refractivity contribution is -0.751. The first-order valence-corrected chi connectivity index (χ1v) is 33.3. The zero-order valence-electron chi connectivity index (χ0n) is 53.8. The van der Waals surface area contributed by atoms with Gasteiger partial charge in [0.25, 0.3) is 24.0 Å². The third kappa shape index (κ3) is 22.1. The maximum Gasteiger partial charge on any atom is 0.430 e. The number of hydrogen-bond donors (Lipinski definition) is 8. The SMILES string of the molecule is C[n+]1cc2cc(OCC(O/N=C(\C(=O)C[C@@H]3C(=O)N(OS(=O)(=O)O)C3(C)C)c3csc(N)n3)C(=O)O)ccc2n1CCCN.C[n+]1cc2cc(OC[C@H](O/N=C(\C(=O)C[C@@H]3C(=O)N(OS(=O)(=O)O)C3(C)C)c3csc(N)n3)C(=O)O)ccc2n1CCCN.O=C([O-])C(F)(F)F.O=C([O-])C(F)(F)F. The lowest BCUT2D eigenvalue weighted by Crippen LogP contribution is -2.68. The maximum absolute atomic E-state index is 13.3. The number of anilines is 2. The lowest BCUT2D eigenvalue weighted by atomic mass is 9.74. The highest BCUT2D eigenvalue weighted by atomic mass is 32.3. The Morgan fingerprint density at radius 3 is 1.22 bits per heavy atom. The molecule has 0 bridgehead atoms. The van der Waals surface area contributed by atoms with Gasteiger partial charge in [0.2, 0.25) is 12.4 Å². The molecule has 2 aromatic carbocycles. The smallest absolute Gasteiger partial charge is 0.430 e. The number of nitrogen functional groups attached to an aromatic ring is 2. The van der Waals surface area contributed by atoms with Crippen molar-refractivity contribution in [3.63, 3.8) is 0 Å². The van der Waals surface area contributed by atoms with Gasteiger partial charge in [0.1, 0.15) is 59.1 Å². The van der Waals surface area contributed by atoms with Crippen LogP contribution in [0.4, 0.5) is 36.6 Å². The van der Waals surface area contributed by atoms with E-state index in [0.717, 1.165) is 70.4 Å². The van der Waals surface area contributed by atoms with Crippen molar-refractivity contribution in [2.45, 2.75) is 102 Å². The number of carbonyl (C=O) groups is 8. The van der Waals surface area contributed by atoms with Gasteiger partial charge in [-0.1, -0.05) is 10.3 Å². The fraction of sp³-hybridized carbons (Fsp3) is 0.444. The molecule has 2 amide bonds. The van der Waals surface area contributed by atoms with Crippen molar-refractivity contribution in [3.8, 4) is 11.5 Å². The van der Waals surface area contributed by atoms with Gasteiger partial charge < -0.3 is 72.1 Å². The number of halogens is 6. The number of rotatable bonds is 30. The number of aromatic nitrogens is 6. The number of oxime groups is 2. The third-order valence-electron chi connectivity index (χ3n) is 14.4. The standard InChI is InChI=1S/2C25H31N7O10S2.2C2HF3O2/c2*1-25(2)16(22(34)32(25)42-44(37,38)39)10-19(33)21(17-13-43-24(27)28-17)29-41-20(23(35)36)12-40-15-5-6-18-14(9-15)11-30(3)31(18)8-4-7-26;2*3-2(4,5)1(6)7/h2*5-6,9,11,13,16,20H,4,7-8,10,12,26H2,1-3H3,(H3-,27,28,35,36,37,38,39);2*(H,6,7)/b2*29-21-;;/t16-,20?;16-,20+;;/m11../s1. The minimum Gasteiger partial charge on any atom is -0.542 e. The second-order valence-corrected chi connectivity index (χ2v) is 26.2. The van der Waals surface area contributed by atoms with E-state index in [2.05, 4.69) is 28.8 Å².